The molecule has 1 aromatic carbocycles. The van der Waals surface area contributed by atoms with E-state index in [1.165, 1.54) is 6.92 Å². The quantitative estimate of drug-likeness (QED) is 0.529. The molecule has 20 heavy (non-hydrogen) atoms. The minimum Gasteiger partial charge on any atom is -0.497 e. The van der Waals surface area contributed by atoms with Gasteiger partial charge in [0, 0.05) is 5.69 Å². The summed E-state index contributed by atoms with van der Waals surface area (Å²) in [4.78, 5) is 18.2. The van der Waals surface area contributed by atoms with Crippen molar-refractivity contribution in [1.82, 2.24) is 9.97 Å². The summed E-state index contributed by atoms with van der Waals surface area (Å²) in [6, 6.07) is 6.88. The molecule has 7 nitrogen and oxygen atoms in total. The topological polar surface area (TPSA) is 90.2 Å². The Bertz CT molecular complexity index is 646. The molecule has 104 valence electrons. The van der Waals surface area contributed by atoms with E-state index in [9.17, 15) is 10.1 Å². The molecule has 0 saturated carbocycles. The summed E-state index contributed by atoms with van der Waals surface area (Å²) < 4.78 is 5.04. The Balaban J connectivity index is 2.39. The van der Waals surface area contributed by atoms with Gasteiger partial charge in [0.25, 0.3) is 0 Å². The number of halogens is 1. The van der Waals surface area contributed by atoms with Gasteiger partial charge >= 0.3 is 5.69 Å². The van der Waals surface area contributed by atoms with Crippen molar-refractivity contribution >= 4 is 28.8 Å². The van der Waals surface area contributed by atoms with Crippen LogP contribution < -0.4 is 10.1 Å². The standard InChI is InChI=1S/C12H11ClN4O3/c1-7-10(17(18)19)11(16-12(13)14-7)15-8-3-5-9(20-2)6-4-8/h3-6H,1-2H3,(H,14,15,16). The van der Waals surface area contributed by atoms with Crippen molar-refractivity contribution in [2.75, 3.05) is 12.4 Å². The molecule has 1 heterocycles. The van der Waals surface area contributed by atoms with Crippen LogP contribution in [0.5, 0.6) is 5.75 Å². The zero-order chi connectivity index (χ0) is 14.7. The van der Waals surface area contributed by atoms with Gasteiger partial charge in [0.05, 0.1) is 12.0 Å². The molecule has 8 heteroatoms. The van der Waals surface area contributed by atoms with Crippen LogP contribution >= 0.6 is 11.6 Å². The van der Waals surface area contributed by atoms with Crippen LogP contribution in [0.15, 0.2) is 24.3 Å². The molecule has 0 aliphatic carbocycles. The fraction of sp³-hybridized carbons (Fsp3) is 0.167. The number of hydrogen-bond donors (Lipinski definition) is 1. The Kier molecular flexibility index (Phi) is 3.99. The molecule has 0 amide bonds. The molecule has 0 bridgehead atoms. The number of methoxy groups -OCH3 is 1. The molecule has 0 fully saturated rings. The fourth-order valence-electron chi connectivity index (χ4n) is 1.65. The lowest BCUT2D eigenvalue weighted by Crippen LogP contribution is -2.04. The summed E-state index contributed by atoms with van der Waals surface area (Å²) in [7, 11) is 1.56. The van der Waals surface area contributed by atoms with Gasteiger partial charge in [0.15, 0.2) is 0 Å². The third kappa shape index (κ3) is 2.94. The van der Waals surface area contributed by atoms with E-state index in [-0.39, 0.29) is 22.5 Å². The van der Waals surface area contributed by atoms with Gasteiger partial charge in [-0.2, -0.15) is 4.98 Å². The molecule has 0 atom stereocenters. The van der Waals surface area contributed by atoms with Gasteiger partial charge in [-0.1, -0.05) is 0 Å². The first-order valence-corrected chi connectivity index (χ1v) is 5.98. The van der Waals surface area contributed by atoms with E-state index in [1.807, 2.05) is 0 Å². The minimum atomic E-state index is -0.544. The molecule has 0 unspecified atom stereocenters. The summed E-state index contributed by atoms with van der Waals surface area (Å²) >= 11 is 5.74. The second kappa shape index (κ2) is 5.70. The van der Waals surface area contributed by atoms with E-state index in [0.29, 0.717) is 11.4 Å². The summed E-state index contributed by atoms with van der Waals surface area (Å²) in [5.41, 5.74) is 0.624. The van der Waals surface area contributed by atoms with Crippen LogP contribution in [0.2, 0.25) is 5.28 Å². The highest BCUT2D eigenvalue weighted by molar-refractivity contribution is 6.28. The second-order valence-corrected chi connectivity index (χ2v) is 4.22. The van der Waals surface area contributed by atoms with E-state index in [2.05, 4.69) is 15.3 Å². The number of aromatic nitrogens is 2. The molecule has 2 aromatic rings. The highest BCUT2D eigenvalue weighted by Gasteiger charge is 2.21. The number of nitrogens with one attached hydrogen (secondary N) is 1. The first kappa shape index (κ1) is 14.0. The van der Waals surface area contributed by atoms with Crippen molar-refractivity contribution in [3.8, 4) is 5.75 Å². The molecule has 0 radical (unpaired) electrons. The molecule has 0 spiro atoms. The minimum absolute atomic E-state index is 0.0517. The molecule has 1 aromatic heterocycles. The maximum atomic E-state index is 11.1. The number of rotatable bonds is 4. The van der Waals surface area contributed by atoms with Crippen LogP contribution in [0.4, 0.5) is 17.2 Å². The summed E-state index contributed by atoms with van der Waals surface area (Å²) in [5, 5.41) is 13.9. The number of anilines is 2. The summed E-state index contributed by atoms with van der Waals surface area (Å²) in [6.07, 6.45) is 0. The van der Waals surface area contributed by atoms with Crippen LogP contribution in [-0.2, 0) is 0 Å². The van der Waals surface area contributed by atoms with Crippen LogP contribution in [0.1, 0.15) is 5.69 Å². The number of benzene rings is 1. The van der Waals surface area contributed by atoms with E-state index in [0.717, 1.165) is 0 Å². The van der Waals surface area contributed by atoms with Gasteiger partial charge in [-0.25, -0.2) is 4.98 Å². The lowest BCUT2D eigenvalue weighted by Gasteiger charge is -2.08. The number of ether oxygens (including phenoxy) is 1. The van der Waals surface area contributed by atoms with Crippen LogP contribution in [0.25, 0.3) is 0 Å². The zero-order valence-electron chi connectivity index (χ0n) is 10.8. The van der Waals surface area contributed by atoms with Gasteiger partial charge in [-0.15, -0.1) is 0 Å². The van der Waals surface area contributed by atoms with Crippen LogP contribution in [0.3, 0.4) is 0 Å². The highest BCUT2D eigenvalue weighted by atomic mass is 35.5. The molecule has 0 aliphatic rings. The Morgan fingerprint density at radius 1 is 1.30 bits per heavy atom. The largest absolute Gasteiger partial charge is 0.497 e. The van der Waals surface area contributed by atoms with Crippen molar-refractivity contribution in [3.63, 3.8) is 0 Å². The predicted molar refractivity (Wildman–Crippen MR) is 74.7 cm³/mol. The normalized spacial score (nSPS) is 10.2. The summed E-state index contributed by atoms with van der Waals surface area (Å²) in [6.45, 7) is 1.50. The van der Waals surface area contributed by atoms with Gasteiger partial charge in [0.2, 0.25) is 11.1 Å². The Morgan fingerprint density at radius 3 is 2.50 bits per heavy atom. The maximum absolute atomic E-state index is 11.1. The highest BCUT2D eigenvalue weighted by Crippen LogP contribution is 2.29. The van der Waals surface area contributed by atoms with E-state index < -0.39 is 4.92 Å². The number of nitrogens with zero attached hydrogens (tertiary/aromatic N) is 3. The van der Waals surface area contributed by atoms with Gasteiger partial charge in [-0.05, 0) is 42.8 Å². The summed E-state index contributed by atoms with van der Waals surface area (Å²) in [5.74, 6) is 0.736. The van der Waals surface area contributed by atoms with Crippen LogP contribution in [-0.4, -0.2) is 22.0 Å². The Labute approximate surface area is 119 Å². The third-order valence-electron chi connectivity index (χ3n) is 2.57. The molecule has 0 saturated heterocycles. The van der Waals surface area contributed by atoms with Crippen molar-refractivity contribution in [1.29, 1.82) is 0 Å². The molecule has 2 rings (SSSR count). The van der Waals surface area contributed by atoms with Crippen molar-refractivity contribution in [2.24, 2.45) is 0 Å². The van der Waals surface area contributed by atoms with Crippen molar-refractivity contribution in [2.45, 2.75) is 6.92 Å². The lowest BCUT2D eigenvalue weighted by atomic mass is 10.3. The maximum Gasteiger partial charge on any atom is 0.332 e. The fourth-order valence-corrected chi connectivity index (χ4v) is 1.86. The first-order chi connectivity index (χ1) is 9.51. The van der Waals surface area contributed by atoms with Gasteiger partial charge < -0.3 is 10.1 Å². The van der Waals surface area contributed by atoms with E-state index >= 15 is 0 Å². The number of aryl methyl sites for hydroxylation is 1. The average Bonchev–Trinajstić information content (AvgIpc) is 2.38. The van der Waals surface area contributed by atoms with Crippen molar-refractivity contribution < 1.29 is 9.66 Å². The van der Waals surface area contributed by atoms with Gasteiger partial charge in [0.1, 0.15) is 11.4 Å². The third-order valence-corrected chi connectivity index (χ3v) is 2.74. The van der Waals surface area contributed by atoms with Crippen LogP contribution in [0, 0.1) is 17.0 Å². The van der Waals surface area contributed by atoms with Crippen molar-refractivity contribution in [3.05, 3.63) is 45.4 Å². The second-order valence-electron chi connectivity index (χ2n) is 3.89. The Morgan fingerprint density at radius 2 is 1.95 bits per heavy atom. The molecular weight excluding hydrogens is 284 g/mol. The SMILES string of the molecule is COc1ccc(Nc2nc(Cl)nc(C)c2[N+](=O)[O-])cc1. The lowest BCUT2D eigenvalue weighted by molar-refractivity contribution is -0.385. The number of nitro groups is 1. The van der Waals surface area contributed by atoms with E-state index in [1.54, 1.807) is 31.4 Å². The first-order valence-electron chi connectivity index (χ1n) is 5.61. The van der Waals surface area contributed by atoms with Gasteiger partial charge in [-0.3, -0.25) is 10.1 Å². The molecule has 0 aliphatic heterocycles. The van der Waals surface area contributed by atoms with E-state index in [4.69, 9.17) is 16.3 Å². The Hall–Kier alpha value is -2.41. The predicted octanol–water partition coefficient (Wildman–Crippen LogP) is 3.10. The zero-order valence-corrected chi connectivity index (χ0v) is 11.5. The average molecular weight is 295 g/mol. The smallest absolute Gasteiger partial charge is 0.332 e. The number of hydrogen-bond acceptors (Lipinski definition) is 6. The molecule has 1 N–H and O–H groups in total. The monoisotopic (exact) mass is 294 g/mol. The molecular formula is C12H11ClN4O3.